The van der Waals surface area contributed by atoms with Gasteiger partial charge in [0, 0.05) is 12.5 Å². The molecule has 3 nitrogen and oxygen atoms in total. The van der Waals surface area contributed by atoms with Gasteiger partial charge in [-0.3, -0.25) is 0 Å². The van der Waals surface area contributed by atoms with Crippen molar-refractivity contribution in [2.24, 2.45) is 0 Å². The van der Waals surface area contributed by atoms with Gasteiger partial charge in [-0.05, 0) is 32.5 Å². The van der Waals surface area contributed by atoms with Crippen molar-refractivity contribution in [3.8, 4) is 0 Å². The van der Waals surface area contributed by atoms with Crippen molar-refractivity contribution in [3.05, 3.63) is 35.8 Å². The summed E-state index contributed by atoms with van der Waals surface area (Å²) in [6, 6.07) is 6.66. The minimum atomic E-state index is -0.444. The highest BCUT2D eigenvalue weighted by Gasteiger charge is 2.33. The molecule has 0 aliphatic heterocycles. The summed E-state index contributed by atoms with van der Waals surface area (Å²) in [5.74, 6) is 0.350. The van der Waals surface area contributed by atoms with Gasteiger partial charge >= 0.3 is 0 Å². The maximum absolute atomic E-state index is 13.7. The van der Waals surface area contributed by atoms with Gasteiger partial charge in [-0.1, -0.05) is 19.1 Å². The highest BCUT2D eigenvalue weighted by molar-refractivity contribution is 5.78. The van der Waals surface area contributed by atoms with Crippen LogP contribution in [0.5, 0.6) is 0 Å². The zero-order valence-corrected chi connectivity index (χ0v) is 11.8. The number of halogens is 1. The van der Waals surface area contributed by atoms with Crippen molar-refractivity contribution >= 4 is 11.0 Å². The van der Waals surface area contributed by atoms with Crippen LogP contribution in [0, 0.1) is 5.82 Å². The van der Waals surface area contributed by atoms with Crippen LogP contribution in [0.25, 0.3) is 11.0 Å². The van der Waals surface area contributed by atoms with Crippen LogP contribution in [0.4, 0.5) is 4.39 Å². The van der Waals surface area contributed by atoms with Crippen LogP contribution in [-0.4, -0.2) is 19.3 Å². The molecular weight excluding hydrogens is 245 g/mol. The topological polar surface area (TPSA) is 34.4 Å². The summed E-state index contributed by atoms with van der Waals surface area (Å²) in [4.78, 5) is 0. The van der Waals surface area contributed by atoms with Crippen LogP contribution in [0.1, 0.15) is 32.6 Å². The van der Waals surface area contributed by atoms with Crippen molar-refractivity contribution in [2.45, 2.75) is 32.4 Å². The van der Waals surface area contributed by atoms with Crippen LogP contribution < -0.4 is 5.32 Å². The van der Waals surface area contributed by atoms with Crippen LogP contribution in [0.3, 0.4) is 0 Å². The molecule has 0 radical (unpaired) electrons. The van der Waals surface area contributed by atoms with Gasteiger partial charge in [0.15, 0.2) is 11.4 Å². The second-order valence-electron chi connectivity index (χ2n) is 5.11. The quantitative estimate of drug-likeness (QED) is 0.896. The first-order valence-electron chi connectivity index (χ1n) is 6.46. The van der Waals surface area contributed by atoms with E-state index in [4.69, 9.17) is 9.15 Å². The Labute approximate surface area is 112 Å². The molecule has 2 rings (SSSR count). The van der Waals surface area contributed by atoms with E-state index in [2.05, 4.69) is 5.32 Å². The fraction of sp³-hybridized carbons (Fsp3) is 0.467. The molecule has 4 heteroatoms. The third kappa shape index (κ3) is 2.65. The smallest absolute Gasteiger partial charge is 0.169 e. The Morgan fingerprint density at radius 1 is 1.42 bits per heavy atom. The zero-order valence-electron chi connectivity index (χ0n) is 11.8. The average molecular weight is 265 g/mol. The van der Waals surface area contributed by atoms with E-state index in [1.807, 2.05) is 32.9 Å². The van der Waals surface area contributed by atoms with Crippen molar-refractivity contribution in [3.63, 3.8) is 0 Å². The van der Waals surface area contributed by atoms with Crippen LogP contribution >= 0.6 is 0 Å². The Balaban J connectivity index is 2.48. The Hall–Kier alpha value is -1.39. The molecule has 2 aromatic rings. The molecular formula is C15H20FNO2. The number of para-hydroxylation sites is 1. The number of likely N-dealkylation sites (N-methyl/N-ethyl adjacent to an activating group) is 1. The minimum absolute atomic E-state index is 0.130. The number of hydrogen-bond acceptors (Lipinski definition) is 3. The molecule has 1 unspecified atom stereocenters. The number of ether oxygens (including phenoxy) is 1. The van der Waals surface area contributed by atoms with Gasteiger partial charge in [-0.2, -0.15) is 0 Å². The largest absolute Gasteiger partial charge is 0.456 e. The van der Waals surface area contributed by atoms with Gasteiger partial charge in [0.1, 0.15) is 5.76 Å². The van der Waals surface area contributed by atoms with E-state index in [9.17, 15) is 4.39 Å². The third-order valence-electron chi connectivity index (χ3n) is 3.43. The molecule has 0 bridgehead atoms. The van der Waals surface area contributed by atoms with Gasteiger partial charge in [0.25, 0.3) is 0 Å². The molecule has 1 N–H and O–H groups in total. The van der Waals surface area contributed by atoms with Crippen molar-refractivity contribution in [2.75, 3.05) is 13.7 Å². The predicted molar refractivity (Wildman–Crippen MR) is 73.7 cm³/mol. The molecule has 1 aromatic carbocycles. The third-order valence-corrected chi connectivity index (χ3v) is 3.43. The van der Waals surface area contributed by atoms with E-state index in [1.54, 1.807) is 13.2 Å². The van der Waals surface area contributed by atoms with E-state index < -0.39 is 5.60 Å². The molecule has 0 aliphatic carbocycles. The fourth-order valence-corrected chi connectivity index (χ4v) is 2.20. The lowest BCUT2D eigenvalue weighted by Crippen LogP contribution is -2.40. The normalized spacial score (nSPS) is 13.9. The van der Waals surface area contributed by atoms with Gasteiger partial charge < -0.3 is 14.5 Å². The summed E-state index contributed by atoms with van der Waals surface area (Å²) in [6.07, 6.45) is 0. The van der Waals surface area contributed by atoms with E-state index >= 15 is 0 Å². The Kier molecular flexibility index (Phi) is 3.92. The maximum Gasteiger partial charge on any atom is 0.169 e. The molecule has 1 heterocycles. The van der Waals surface area contributed by atoms with Gasteiger partial charge in [0.05, 0.1) is 11.6 Å². The summed E-state index contributed by atoms with van der Waals surface area (Å²) in [6.45, 7) is 6.74. The Morgan fingerprint density at radius 2 is 2.16 bits per heavy atom. The molecule has 1 atom stereocenters. The standard InChI is InChI=1S/C15H20FNO2/c1-5-17-14(15(2,3)18-4)12-9-10-7-6-8-11(16)13(10)19-12/h6-9,14,17H,5H2,1-4H3. The first-order valence-corrected chi connectivity index (χ1v) is 6.46. The fourth-order valence-electron chi connectivity index (χ4n) is 2.20. The number of furan rings is 1. The summed E-state index contributed by atoms with van der Waals surface area (Å²) in [5, 5.41) is 4.10. The van der Waals surface area contributed by atoms with E-state index in [-0.39, 0.29) is 11.9 Å². The highest BCUT2D eigenvalue weighted by atomic mass is 19.1. The van der Waals surface area contributed by atoms with Gasteiger partial charge in [0.2, 0.25) is 0 Å². The summed E-state index contributed by atoms with van der Waals surface area (Å²) in [5.41, 5.74) is -0.146. The summed E-state index contributed by atoms with van der Waals surface area (Å²) < 4.78 is 24.9. The first kappa shape index (κ1) is 14.0. The van der Waals surface area contributed by atoms with Crippen molar-refractivity contribution in [1.82, 2.24) is 5.32 Å². The zero-order chi connectivity index (χ0) is 14.0. The number of methoxy groups -OCH3 is 1. The summed E-state index contributed by atoms with van der Waals surface area (Å²) in [7, 11) is 1.66. The monoisotopic (exact) mass is 265 g/mol. The molecule has 0 spiro atoms. The molecule has 104 valence electrons. The molecule has 0 amide bonds. The van der Waals surface area contributed by atoms with Gasteiger partial charge in [-0.15, -0.1) is 0 Å². The summed E-state index contributed by atoms with van der Waals surface area (Å²) >= 11 is 0. The average Bonchev–Trinajstić information content (AvgIpc) is 2.80. The van der Waals surface area contributed by atoms with E-state index in [0.717, 1.165) is 11.9 Å². The van der Waals surface area contributed by atoms with E-state index in [1.165, 1.54) is 6.07 Å². The van der Waals surface area contributed by atoms with E-state index in [0.29, 0.717) is 11.3 Å². The molecule has 0 saturated carbocycles. The number of fused-ring (bicyclic) bond motifs is 1. The lowest BCUT2D eigenvalue weighted by atomic mass is 9.96. The molecule has 0 fully saturated rings. The predicted octanol–water partition coefficient (Wildman–Crippen LogP) is 3.65. The van der Waals surface area contributed by atoms with Crippen LogP contribution in [-0.2, 0) is 4.74 Å². The minimum Gasteiger partial charge on any atom is -0.456 e. The highest BCUT2D eigenvalue weighted by Crippen LogP contribution is 2.33. The number of nitrogens with one attached hydrogen (secondary N) is 1. The lowest BCUT2D eigenvalue weighted by molar-refractivity contribution is -0.0160. The number of benzene rings is 1. The second-order valence-corrected chi connectivity index (χ2v) is 5.11. The number of hydrogen-bond donors (Lipinski definition) is 1. The maximum atomic E-state index is 13.7. The molecule has 0 aliphatic rings. The number of rotatable bonds is 5. The Bertz CT molecular complexity index is 562. The van der Waals surface area contributed by atoms with Crippen molar-refractivity contribution < 1.29 is 13.5 Å². The van der Waals surface area contributed by atoms with Crippen LogP contribution in [0.2, 0.25) is 0 Å². The van der Waals surface area contributed by atoms with Crippen molar-refractivity contribution in [1.29, 1.82) is 0 Å². The second kappa shape index (κ2) is 5.31. The van der Waals surface area contributed by atoms with Crippen LogP contribution in [0.15, 0.2) is 28.7 Å². The molecule has 1 aromatic heterocycles. The SMILES string of the molecule is CCNC(c1cc2cccc(F)c2o1)C(C)(C)OC. The first-order chi connectivity index (χ1) is 8.99. The Morgan fingerprint density at radius 3 is 2.74 bits per heavy atom. The molecule has 0 saturated heterocycles. The molecule has 19 heavy (non-hydrogen) atoms. The lowest BCUT2D eigenvalue weighted by Gasteiger charge is -2.32. The van der Waals surface area contributed by atoms with Gasteiger partial charge in [-0.25, -0.2) is 4.39 Å².